The zero-order valence-electron chi connectivity index (χ0n) is 19.7. The Kier molecular flexibility index (Phi) is 6.23. The molecule has 0 radical (unpaired) electrons. The molecule has 35 heavy (non-hydrogen) atoms. The molecule has 1 atom stereocenters. The Balaban J connectivity index is 1.19. The van der Waals surface area contributed by atoms with Gasteiger partial charge in [-0.05, 0) is 41.5 Å². The Morgan fingerprint density at radius 1 is 1.06 bits per heavy atom. The normalized spacial score (nSPS) is 18.7. The highest BCUT2D eigenvalue weighted by Crippen LogP contribution is 2.44. The molecule has 0 spiro atoms. The minimum Gasteiger partial charge on any atom is -0.480 e. The maximum Gasteiger partial charge on any atom is 0.407 e. The van der Waals surface area contributed by atoms with Crippen molar-refractivity contribution in [1.82, 2.24) is 10.2 Å². The van der Waals surface area contributed by atoms with Crippen LogP contribution in [0.5, 0.6) is 0 Å². The summed E-state index contributed by atoms with van der Waals surface area (Å²) in [5.74, 6) is -0.844. The number of amides is 2. The lowest BCUT2D eigenvalue weighted by Gasteiger charge is -2.48. The van der Waals surface area contributed by atoms with E-state index in [0.717, 1.165) is 35.1 Å². The molecule has 2 aromatic carbocycles. The highest BCUT2D eigenvalue weighted by Gasteiger charge is 2.45. The summed E-state index contributed by atoms with van der Waals surface area (Å²) in [6, 6.07) is 15.6. The lowest BCUT2D eigenvalue weighted by Crippen LogP contribution is -2.66. The molecule has 0 aromatic heterocycles. The van der Waals surface area contributed by atoms with Gasteiger partial charge >= 0.3 is 12.1 Å². The number of carboxylic acids is 1. The minimum absolute atomic E-state index is 0.0480. The zero-order chi connectivity index (χ0) is 24.6. The van der Waals surface area contributed by atoms with Crippen molar-refractivity contribution in [1.29, 1.82) is 0 Å². The Bertz CT molecular complexity index is 1090. The van der Waals surface area contributed by atoms with Gasteiger partial charge in [-0.15, -0.1) is 0 Å². The van der Waals surface area contributed by atoms with Gasteiger partial charge < -0.3 is 24.8 Å². The second-order valence-corrected chi connectivity index (χ2v) is 10.0. The average molecular weight is 479 g/mol. The number of nitrogens with zero attached hydrogens (tertiary/aromatic N) is 1. The number of carboxylic acid groups (broad SMARTS) is 1. The first-order valence-corrected chi connectivity index (χ1v) is 12.1. The van der Waals surface area contributed by atoms with Crippen LogP contribution in [0.4, 0.5) is 4.79 Å². The lowest BCUT2D eigenvalue weighted by molar-refractivity contribution is -0.174. The van der Waals surface area contributed by atoms with Gasteiger partial charge in [-0.2, -0.15) is 0 Å². The number of hydrogen-bond acceptors (Lipinski definition) is 5. The largest absolute Gasteiger partial charge is 0.480 e. The average Bonchev–Trinajstić information content (AvgIpc) is 3.59. The van der Waals surface area contributed by atoms with Crippen LogP contribution in [0.25, 0.3) is 11.1 Å². The Morgan fingerprint density at radius 3 is 2.23 bits per heavy atom. The van der Waals surface area contributed by atoms with Crippen LogP contribution in [-0.2, 0) is 19.1 Å². The van der Waals surface area contributed by atoms with Crippen molar-refractivity contribution in [3.63, 3.8) is 0 Å². The fourth-order valence-corrected chi connectivity index (χ4v) is 5.16. The molecule has 5 rings (SSSR count). The molecule has 3 aliphatic rings. The molecular weight excluding hydrogens is 448 g/mol. The summed E-state index contributed by atoms with van der Waals surface area (Å²) in [5, 5.41) is 11.6. The number of aliphatic carboxylic acids is 1. The highest BCUT2D eigenvalue weighted by molar-refractivity contribution is 5.86. The third-order valence-corrected chi connectivity index (χ3v) is 7.11. The van der Waals surface area contributed by atoms with Crippen molar-refractivity contribution < 1.29 is 29.0 Å². The number of alkyl carbamates (subject to hydrolysis) is 1. The van der Waals surface area contributed by atoms with Crippen molar-refractivity contribution in [2.45, 2.75) is 43.7 Å². The van der Waals surface area contributed by atoms with Crippen LogP contribution in [0, 0.1) is 5.92 Å². The third kappa shape index (κ3) is 5.03. The topological polar surface area (TPSA) is 105 Å². The molecule has 1 saturated carbocycles. The summed E-state index contributed by atoms with van der Waals surface area (Å²) in [7, 11) is 0. The molecule has 2 amide bonds. The van der Waals surface area contributed by atoms with E-state index in [2.05, 4.69) is 29.6 Å². The van der Waals surface area contributed by atoms with Crippen LogP contribution in [0.3, 0.4) is 0 Å². The molecule has 0 unspecified atom stereocenters. The smallest absolute Gasteiger partial charge is 0.407 e. The lowest BCUT2D eigenvalue weighted by atomic mass is 9.94. The van der Waals surface area contributed by atoms with E-state index >= 15 is 0 Å². The molecule has 1 aliphatic heterocycles. The summed E-state index contributed by atoms with van der Waals surface area (Å²) in [6.45, 7) is 2.17. The third-order valence-electron chi connectivity index (χ3n) is 7.11. The number of nitrogens with one attached hydrogen (secondary N) is 1. The monoisotopic (exact) mass is 478 g/mol. The molecule has 2 aromatic rings. The van der Waals surface area contributed by atoms with E-state index in [4.69, 9.17) is 14.6 Å². The van der Waals surface area contributed by atoms with Gasteiger partial charge in [0.1, 0.15) is 24.9 Å². The highest BCUT2D eigenvalue weighted by atomic mass is 16.5. The quantitative estimate of drug-likeness (QED) is 0.572. The van der Waals surface area contributed by atoms with Crippen molar-refractivity contribution >= 4 is 18.0 Å². The number of ether oxygens (including phenoxy) is 2. The van der Waals surface area contributed by atoms with Crippen LogP contribution in [0.2, 0.25) is 0 Å². The van der Waals surface area contributed by atoms with Gasteiger partial charge in [0.15, 0.2) is 0 Å². The fraction of sp³-hybridized carbons (Fsp3) is 0.444. The predicted molar refractivity (Wildman–Crippen MR) is 128 cm³/mol. The number of carbonyl (C=O) groups excluding carboxylic acids is 2. The number of likely N-dealkylation sites (tertiary alicyclic amines) is 1. The van der Waals surface area contributed by atoms with E-state index in [0.29, 0.717) is 25.4 Å². The van der Waals surface area contributed by atoms with E-state index < -0.39 is 30.3 Å². The summed E-state index contributed by atoms with van der Waals surface area (Å²) in [6.07, 6.45) is 2.08. The van der Waals surface area contributed by atoms with Crippen LogP contribution < -0.4 is 5.32 Å². The first-order chi connectivity index (χ1) is 16.8. The summed E-state index contributed by atoms with van der Waals surface area (Å²) < 4.78 is 11.1. The maximum atomic E-state index is 13.1. The van der Waals surface area contributed by atoms with Gasteiger partial charge in [-0.3, -0.25) is 4.79 Å². The molecule has 1 saturated heterocycles. The zero-order valence-corrected chi connectivity index (χ0v) is 19.7. The van der Waals surface area contributed by atoms with E-state index in [9.17, 15) is 14.4 Å². The van der Waals surface area contributed by atoms with Gasteiger partial charge in [-0.1, -0.05) is 61.4 Å². The van der Waals surface area contributed by atoms with Crippen molar-refractivity contribution in [3.05, 3.63) is 59.7 Å². The van der Waals surface area contributed by atoms with Crippen molar-refractivity contribution in [2.24, 2.45) is 5.92 Å². The SMILES string of the molecule is CC1(OCC(=O)O)CN(C(=O)[C@H](CC2CC2)NC(=O)OCC2c3ccccc3-c3ccccc32)C1. The molecule has 2 aliphatic carbocycles. The minimum atomic E-state index is -1.04. The maximum absolute atomic E-state index is 13.1. The van der Waals surface area contributed by atoms with Crippen molar-refractivity contribution in [3.8, 4) is 11.1 Å². The fourth-order valence-electron chi connectivity index (χ4n) is 5.16. The van der Waals surface area contributed by atoms with E-state index in [1.807, 2.05) is 24.3 Å². The molecule has 2 N–H and O–H groups in total. The number of carbonyl (C=O) groups is 3. The molecule has 2 fully saturated rings. The summed E-state index contributed by atoms with van der Waals surface area (Å²) >= 11 is 0. The molecule has 0 bridgehead atoms. The first kappa shape index (κ1) is 23.4. The number of rotatable bonds is 9. The number of hydrogen-bond donors (Lipinski definition) is 2. The van der Waals surface area contributed by atoms with Gasteiger partial charge in [0.05, 0.1) is 13.1 Å². The Hall–Kier alpha value is -3.39. The molecular formula is C27H30N2O6. The Morgan fingerprint density at radius 2 is 1.66 bits per heavy atom. The predicted octanol–water partition coefficient (Wildman–Crippen LogP) is 3.40. The van der Waals surface area contributed by atoms with Gasteiger partial charge in [0.25, 0.3) is 0 Å². The van der Waals surface area contributed by atoms with E-state index in [1.54, 1.807) is 11.8 Å². The summed E-state index contributed by atoms with van der Waals surface area (Å²) in [4.78, 5) is 38.3. The molecule has 8 heteroatoms. The van der Waals surface area contributed by atoms with Crippen LogP contribution >= 0.6 is 0 Å². The van der Waals surface area contributed by atoms with Gasteiger partial charge in [-0.25, -0.2) is 9.59 Å². The molecule has 1 heterocycles. The van der Waals surface area contributed by atoms with E-state index in [1.165, 1.54) is 0 Å². The van der Waals surface area contributed by atoms with Crippen LogP contribution in [0.1, 0.15) is 43.2 Å². The van der Waals surface area contributed by atoms with Gasteiger partial charge in [0.2, 0.25) is 5.91 Å². The Labute approximate surface area is 204 Å². The van der Waals surface area contributed by atoms with Gasteiger partial charge in [0, 0.05) is 5.92 Å². The second kappa shape index (κ2) is 9.34. The van der Waals surface area contributed by atoms with Crippen LogP contribution in [0.15, 0.2) is 48.5 Å². The molecule has 184 valence electrons. The van der Waals surface area contributed by atoms with Crippen molar-refractivity contribution in [2.75, 3.05) is 26.3 Å². The standard InChI is InChI=1S/C27H30N2O6/c1-27(35-14-24(30)31)15-29(16-27)25(32)23(12-17-10-11-17)28-26(33)34-13-22-20-8-4-2-6-18(20)19-7-3-5-9-21(19)22/h2-9,17,22-23H,10-16H2,1H3,(H,28,33)(H,30,31)/t23-/m0/s1. The second-order valence-electron chi connectivity index (χ2n) is 10.0. The van der Waals surface area contributed by atoms with Crippen LogP contribution in [-0.4, -0.2) is 65.9 Å². The summed E-state index contributed by atoms with van der Waals surface area (Å²) in [5.41, 5.74) is 3.90. The number of benzene rings is 2. The first-order valence-electron chi connectivity index (χ1n) is 12.1. The molecule has 8 nitrogen and oxygen atoms in total. The number of fused-ring (bicyclic) bond motifs is 3. The van der Waals surface area contributed by atoms with E-state index in [-0.39, 0.29) is 18.4 Å².